The Bertz CT molecular complexity index is 1420. The molecule has 3 fully saturated rings. The molecule has 0 aromatic heterocycles. The first-order chi connectivity index (χ1) is 20.9. The molecule has 45 heavy (non-hydrogen) atoms. The fourth-order valence-corrected chi connectivity index (χ4v) is 8.77. The van der Waals surface area contributed by atoms with E-state index in [4.69, 9.17) is 23.7 Å². The van der Waals surface area contributed by atoms with Crippen molar-refractivity contribution >= 4 is 23.9 Å². The first-order valence-corrected chi connectivity index (χ1v) is 15.4. The third-order valence-corrected chi connectivity index (χ3v) is 11.2. The summed E-state index contributed by atoms with van der Waals surface area (Å²) in [5.41, 5.74) is -4.91. The number of aliphatic hydroxyl groups excluding tert-OH is 1. The second kappa shape index (κ2) is 11.2. The maximum absolute atomic E-state index is 13.9. The standard InChI is InChI=1S/C34H44O11/c1-17-14-24-33(16-41-24,45-21(5)37)27-29(44-30(39)22-12-10-9-11-13-22)34(40)15-23(42-19(3)35)18(2)25(31(34,6)7)26(43-20(4)36)28(38)32(17,27)8/h9-13,17,23-24,26-29,38,40H,14-16H2,1-8H3/t17-,23-,24+,26+,27-,28-,29-,32+,33-,34+/m0/s1. The van der Waals surface area contributed by atoms with Crippen molar-refractivity contribution < 1.29 is 53.1 Å². The molecule has 2 saturated carbocycles. The second-order valence-corrected chi connectivity index (χ2v) is 13.9. The summed E-state index contributed by atoms with van der Waals surface area (Å²) in [5.74, 6) is -4.03. The maximum Gasteiger partial charge on any atom is 0.338 e. The highest BCUT2D eigenvalue weighted by molar-refractivity contribution is 5.89. The SMILES string of the molecule is CC(=O)O[C@H]1C[C@@]2(O)[C@@H](OC(=O)c3ccccc3)[C@@H]3[C@]4(OC(C)=O)CO[C@@H]4C[C@H](C)[C@@]3(C)[C@@H](O)[C@H](OC(C)=O)C(=C1C)C2(C)C. The summed E-state index contributed by atoms with van der Waals surface area (Å²) in [6.45, 7) is 12.6. The molecule has 1 aromatic carbocycles. The van der Waals surface area contributed by atoms with Crippen LogP contribution in [0.1, 0.15) is 78.6 Å². The zero-order chi connectivity index (χ0) is 33.3. The van der Waals surface area contributed by atoms with Crippen molar-refractivity contribution in [2.75, 3.05) is 6.61 Å². The number of aliphatic hydroxyl groups is 2. The minimum atomic E-state index is -2.00. The van der Waals surface area contributed by atoms with E-state index in [2.05, 4.69) is 0 Å². The van der Waals surface area contributed by atoms with Gasteiger partial charge in [-0.15, -0.1) is 0 Å². The van der Waals surface area contributed by atoms with E-state index in [1.54, 1.807) is 58.0 Å². The smallest absolute Gasteiger partial charge is 0.338 e. The van der Waals surface area contributed by atoms with Crippen molar-refractivity contribution in [2.45, 2.75) is 110 Å². The molecule has 1 aromatic rings. The largest absolute Gasteiger partial charge is 0.458 e. The summed E-state index contributed by atoms with van der Waals surface area (Å²) in [6.07, 6.45) is -5.59. The number of carbonyl (C=O) groups is 4. The van der Waals surface area contributed by atoms with Crippen molar-refractivity contribution in [3.05, 3.63) is 47.0 Å². The van der Waals surface area contributed by atoms with Crippen molar-refractivity contribution in [2.24, 2.45) is 22.7 Å². The van der Waals surface area contributed by atoms with Crippen molar-refractivity contribution in [1.82, 2.24) is 0 Å². The summed E-state index contributed by atoms with van der Waals surface area (Å²) in [7, 11) is 0. The Morgan fingerprint density at radius 3 is 2.09 bits per heavy atom. The number of hydrogen-bond donors (Lipinski definition) is 2. The van der Waals surface area contributed by atoms with Crippen LogP contribution in [0.25, 0.3) is 0 Å². The molecule has 10 atom stereocenters. The molecule has 0 spiro atoms. The van der Waals surface area contributed by atoms with Gasteiger partial charge in [0.25, 0.3) is 0 Å². The molecule has 4 aliphatic rings. The van der Waals surface area contributed by atoms with Gasteiger partial charge in [0.05, 0.1) is 18.1 Å². The molecule has 1 aliphatic heterocycles. The van der Waals surface area contributed by atoms with E-state index in [1.807, 2.05) is 6.92 Å². The van der Waals surface area contributed by atoms with Gasteiger partial charge in [0.2, 0.25) is 0 Å². The summed E-state index contributed by atoms with van der Waals surface area (Å²) >= 11 is 0. The van der Waals surface area contributed by atoms with Crippen LogP contribution in [0.4, 0.5) is 0 Å². The molecule has 1 heterocycles. The molecule has 246 valence electrons. The minimum absolute atomic E-state index is 0.0693. The molecule has 11 heteroatoms. The fourth-order valence-electron chi connectivity index (χ4n) is 8.77. The number of rotatable bonds is 5. The van der Waals surface area contributed by atoms with Gasteiger partial charge < -0.3 is 33.9 Å². The number of carbonyl (C=O) groups excluding carboxylic acids is 4. The van der Waals surface area contributed by atoms with Crippen molar-refractivity contribution in [3.8, 4) is 0 Å². The lowest BCUT2D eigenvalue weighted by molar-refractivity contribution is -0.358. The molecule has 3 aliphatic carbocycles. The van der Waals surface area contributed by atoms with Crippen LogP contribution in [-0.4, -0.2) is 82.4 Å². The van der Waals surface area contributed by atoms with E-state index < -0.39 is 82.3 Å². The number of hydrogen-bond acceptors (Lipinski definition) is 11. The topological polar surface area (TPSA) is 155 Å². The van der Waals surface area contributed by atoms with Crippen LogP contribution in [0.15, 0.2) is 41.5 Å². The first kappa shape index (κ1) is 33.1. The Kier molecular flexibility index (Phi) is 8.24. The highest BCUT2D eigenvalue weighted by Gasteiger charge is 2.77. The lowest BCUT2D eigenvalue weighted by Gasteiger charge is -2.69. The zero-order valence-corrected chi connectivity index (χ0v) is 27.1. The van der Waals surface area contributed by atoms with E-state index >= 15 is 0 Å². The van der Waals surface area contributed by atoms with Crippen LogP contribution < -0.4 is 0 Å². The Morgan fingerprint density at radius 1 is 0.933 bits per heavy atom. The predicted octanol–water partition coefficient (Wildman–Crippen LogP) is 3.29. The Hall–Kier alpha value is -3.28. The molecule has 0 unspecified atom stereocenters. The second-order valence-electron chi connectivity index (χ2n) is 13.9. The Labute approximate surface area is 263 Å². The fraction of sp³-hybridized carbons (Fsp3) is 0.647. The Morgan fingerprint density at radius 2 is 1.56 bits per heavy atom. The average Bonchev–Trinajstić information content (AvgIpc) is 2.94. The molecule has 2 bridgehead atoms. The van der Waals surface area contributed by atoms with Crippen molar-refractivity contribution in [3.63, 3.8) is 0 Å². The van der Waals surface area contributed by atoms with Crippen LogP contribution in [0, 0.1) is 22.7 Å². The van der Waals surface area contributed by atoms with Gasteiger partial charge in [0, 0.05) is 38.0 Å². The van der Waals surface area contributed by atoms with Gasteiger partial charge in [-0.3, -0.25) is 14.4 Å². The normalized spacial score (nSPS) is 39.9. The molecule has 1 saturated heterocycles. The summed E-state index contributed by atoms with van der Waals surface area (Å²) < 4.78 is 30.2. The minimum Gasteiger partial charge on any atom is -0.458 e. The third-order valence-electron chi connectivity index (χ3n) is 11.2. The van der Waals surface area contributed by atoms with Gasteiger partial charge in [-0.2, -0.15) is 0 Å². The molecular formula is C34H44O11. The molecular weight excluding hydrogens is 584 g/mol. The molecule has 11 nitrogen and oxygen atoms in total. The third kappa shape index (κ3) is 4.89. The van der Waals surface area contributed by atoms with Crippen LogP contribution in [0.5, 0.6) is 0 Å². The first-order valence-electron chi connectivity index (χ1n) is 15.4. The lowest BCUT2D eigenvalue weighted by atomic mass is 9.43. The van der Waals surface area contributed by atoms with E-state index in [1.165, 1.54) is 20.8 Å². The molecule has 5 rings (SSSR count). The highest BCUT2D eigenvalue weighted by Crippen LogP contribution is 2.66. The Balaban J connectivity index is 1.86. The van der Waals surface area contributed by atoms with E-state index in [0.29, 0.717) is 17.6 Å². The summed E-state index contributed by atoms with van der Waals surface area (Å²) in [5, 5.41) is 25.8. The maximum atomic E-state index is 13.9. The van der Waals surface area contributed by atoms with Crippen molar-refractivity contribution in [1.29, 1.82) is 0 Å². The zero-order valence-electron chi connectivity index (χ0n) is 27.1. The van der Waals surface area contributed by atoms with Crippen LogP contribution in [0.2, 0.25) is 0 Å². The number of esters is 4. The average molecular weight is 629 g/mol. The monoisotopic (exact) mass is 628 g/mol. The van der Waals surface area contributed by atoms with Gasteiger partial charge in [-0.25, -0.2) is 4.79 Å². The van der Waals surface area contributed by atoms with Gasteiger partial charge in [0.15, 0.2) is 11.7 Å². The van der Waals surface area contributed by atoms with Crippen LogP contribution in [-0.2, 0) is 38.1 Å². The highest BCUT2D eigenvalue weighted by atomic mass is 16.6. The quantitative estimate of drug-likeness (QED) is 0.280. The molecule has 0 amide bonds. The van der Waals surface area contributed by atoms with Gasteiger partial charge in [0.1, 0.15) is 30.0 Å². The summed E-state index contributed by atoms with van der Waals surface area (Å²) in [6, 6.07) is 8.30. The van der Waals surface area contributed by atoms with E-state index in [9.17, 15) is 29.4 Å². The summed E-state index contributed by atoms with van der Waals surface area (Å²) in [4.78, 5) is 51.7. The van der Waals surface area contributed by atoms with E-state index in [-0.39, 0.29) is 24.5 Å². The van der Waals surface area contributed by atoms with Crippen LogP contribution in [0.3, 0.4) is 0 Å². The van der Waals surface area contributed by atoms with E-state index in [0.717, 1.165) is 0 Å². The number of benzene rings is 1. The number of ether oxygens (including phenoxy) is 5. The van der Waals surface area contributed by atoms with Gasteiger partial charge in [-0.05, 0) is 42.5 Å². The molecule has 2 N–H and O–H groups in total. The predicted molar refractivity (Wildman–Crippen MR) is 158 cm³/mol. The van der Waals surface area contributed by atoms with Gasteiger partial charge >= 0.3 is 23.9 Å². The van der Waals surface area contributed by atoms with Crippen LogP contribution >= 0.6 is 0 Å². The van der Waals surface area contributed by atoms with Gasteiger partial charge in [-0.1, -0.05) is 45.9 Å². The lowest BCUT2D eigenvalue weighted by Crippen LogP contribution is -2.81. The number of fused-ring (bicyclic) bond motifs is 5. The molecule has 0 radical (unpaired) electrons.